The Balaban J connectivity index is 0.000000272. The standard InChI is InChI=1S/C26H35O2P.C12H9N.CH4O3S.Pd/c1-27-23-17-11-18-24(28-2)26(23)22-16-9-10-19-25(22)29(20-12-5-3-6-13-20)21-14-7-4-8-15-21;13-12-9-5-4-8-11(12)10-6-2-1-3-7-10;1-5(2,3)4;/h9-11,16-21H,3-8,12-15H2,1-2H3;1-6,8-9,13H;1H3,(H,2,3,4);/q;-2;;+2/p+1. The maximum Gasteiger partial charge on any atom is 2.00 e. The van der Waals surface area contributed by atoms with E-state index in [1.807, 2.05) is 48.5 Å². The molecule has 0 heterocycles. The molecule has 6 nitrogen and oxygen atoms in total. The number of hydrogen-bond donors (Lipinski definition) is 1. The first-order valence-corrected chi connectivity index (χ1v) is 20.1. The topological polar surface area (TPSA) is 96.6 Å². The van der Waals surface area contributed by atoms with Crippen LogP contribution in [0.2, 0.25) is 0 Å². The van der Waals surface area contributed by atoms with Crippen LogP contribution >= 0.6 is 7.92 Å². The second-order valence-corrected chi connectivity index (χ2v) is 16.8. The van der Waals surface area contributed by atoms with Gasteiger partial charge in [-0.1, -0.05) is 61.4 Å². The fourth-order valence-electron chi connectivity index (χ4n) is 6.95. The van der Waals surface area contributed by atoms with E-state index in [4.69, 9.17) is 19.8 Å². The summed E-state index contributed by atoms with van der Waals surface area (Å²) in [5, 5.41) is 1.62. The molecule has 2 fully saturated rings. The summed E-state index contributed by atoms with van der Waals surface area (Å²) in [6.07, 6.45) is 15.0. The predicted octanol–water partition coefficient (Wildman–Crippen LogP) is 10.2. The first kappa shape index (κ1) is 39.7. The van der Waals surface area contributed by atoms with Gasteiger partial charge in [0.05, 0.1) is 37.4 Å². The summed E-state index contributed by atoms with van der Waals surface area (Å²) in [7, 11) is -0.781. The quantitative estimate of drug-likeness (QED) is 0.0872. The van der Waals surface area contributed by atoms with E-state index in [0.717, 1.165) is 39.5 Å². The van der Waals surface area contributed by atoms with Crippen LogP contribution in [-0.4, -0.2) is 44.8 Å². The first-order chi connectivity index (χ1) is 22.7. The second kappa shape index (κ2) is 20.1. The zero-order chi connectivity index (χ0) is 33.6. The molecule has 0 radical (unpaired) electrons. The molecule has 260 valence electrons. The van der Waals surface area contributed by atoms with Crippen molar-refractivity contribution in [2.45, 2.75) is 75.5 Å². The Morgan fingerprint density at radius 1 is 0.708 bits per heavy atom. The molecule has 6 rings (SSSR count). The summed E-state index contributed by atoms with van der Waals surface area (Å²) in [6, 6.07) is 33.7. The fraction of sp³-hybridized carbons (Fsp3) is 0.385. The summed E-state index contributed by atoms with van der Waals surface area (Å²) < 4.78 is 37.5. The van der Waals surface area contributed by atoms with Gasteiger partial charge in [-0.15, -0.1) is 41.5 Å². The Hall–Kier alpha value is -2.72. The van der Waals surface area contributed by atoms with Crippen molar-refractivity contribution in [3.8, 4) is 33.8 Å². The average Bonchev–Trinajstić information content (AvgIpc) is 3.09. The van der Waals surface area contributed by atoms with Gasteiger partial charge in [-0.05, 0) is 69.6 Å². The van der Waals surface area contributed by atoms with Crippen LogP contribution in [0.15, 0.2) is 91.0 Å². The van der Waals surface area contributed by atoms with Crippen molar-refractivity contribution < 1.29 is 42.9 Å². The molecule has 0 aromatic heterocycles. The molecule has 0 atom stereocenters. The molecule has 4 aromatic rings. The molecule has 4 aromatic carbocycles. The third kappa shape index (κ3) is 11.7. The zero-order valence-corrected chi connectivity index (χ0v) is 31.6. The van der Waals surface area contributed by atoms with Gasteiger partial charge in [0, 0.05) is 13.5 Å². The predicted molar refractivity (Wildman–Crippen MR) is 199 cm³/mol. The SMILES string of the molecule is COc1cccc(OC)c1-c1ccccc1[PH+](C1CCCCC1)C1CCCCC1.CS(=O)(=O)O.[NH-]c1ccccc1-c1[c-]cccc1.[Pd+2]. The van der Waals surface area contributed by atoms with Crippen LogP contribution in [0.1, 0.15) is 64.2 Å². The van der Waals surface area contributed by atoms with Gasteiger partial charge in [0.1, 0.15) is 16.8 Å². The minimum atomic E-state index is -3.67. The molecule has 0 spiro atoms. The van der Waals surface area contributed by atoms with Crippen LogP contribution in [-0.2, 0) is 30.5 Å². The third-order valence-electron chi connectivity index (χ3n) is 8.95. The van der Waals surface area contributed by atoms with Crippen molar-refractivity contribution in [1.29, 1.82) is 0 Å². The normalized spacial score (nSPS) is 15.2. The molecule has 2 N–H and O–H groups in total. The number of nitrogens with one attached hydrogen (secondary N) is 1. The minimum absolute atomic E-state index is 0. The van der Waals surface area contributed by atoms with E-state index in [1.54, 1.807) is 25.6 Å². The molecule has 0 amide bonds. The van der Waals surface area contributed by atoms with Gasteiger partial charge < -0.3 is 15.2 Å². The Morgan fingerprint density at radius 2 is 1.19 bits per heavy atom. The summed E-state index contributed by atoms with van der Waals surface area (Å²) in [4.78, 5) is 0. The Morgan fingerprint density at radius 3 is 1.67 bits per heavy atom. The monoisotopic (exact) mass is 780 g/mol. The van der Waals surface area contributed by atoms with Crippen LogP contribution in [0.25, 0.3) is 28.0 Å². The number of ether oxygens (including phenoxy) is 2. The number of benzene rings is 4. The van der Waals surface area contributed by atoms with Crippen LogP contribution < -0.4 is 14.8 Å². The Kier molecular flexibility index (Phi) is 16.6. The molecule has 0 unspecified atom stereocenters. The maximum atomic E-state index is 9.19. The van der Waals surface area contributed by atoms with Crippen molar-refractivity contribution in [2.75, 3.05) is 20.5 Å². The number of rotatable bonds is 7. The molecular formula is C39H49NO5PPdS+. The average molecular weight is 781 g/mol. The Labute approximate surface area is 303 Å². The van der Waals surface area contributed by atoms with Crippen LogP contribution in [0.5, 0.6) is 11.5 Å². The van der Waals surface area contributed by atoms with E-state index in [2.05, 4.69) is 42.5 Å². The van der Waals surface area contributed by atoms with E-state index in [1.165, 1.54) is 69.8 Å². The van der Waals surface area contributed by atoms with Crippen LogP contribution in [0.4, 0.5) is 5.69 Å². The summed E-state index contributed by atoms with van der Waals surface area (Å²) in [5.41, 5.74) is 14.5. The fourth-order valence-corrected chi connectivity index (χ4v) is 11.4. The molecular weight excluding hydrogens is 732 g/mol. The van der Waals surface area contributed by atoms with Gasteiger partial charge in [-0.2, -0.15) is 14.1 Å². The van der Waals surface area contributed by atoms with Gasteiger partial charge in [0.25, 0.3) is 10.1 Å². The largest absolute Gasteiger partial charge is 2.00 e. The second-order valence-electron chi connectivity index (χ2n) is 12.3. The van der Waals surface area contributed by atoms with E-state index < -0.39 is 18.0 Å². The molecule has 2 saturated carbocycles. The van der Waals surface area contributed by atoms with Crippen molar-refractivity contribution >= 4 is 29.0 Å². The molecule has 48 heavy (non-hydrogen) atoms. The maximum absolute atomic E-state index is 9.19. The molecule has 0 bridgehead atoms. The van der Waals surface area contributed by atoms with Crippen molar-refractivity contribution in [3.63, 3.8) is 0 Å². The molecule has 9 heteroatoms. The van der Waals surface area contributed by atoms with Gasteiger partial charge in [-0.25, -0.2) is 0 Å². The number of hydrogen-bond acceptors (Lipinski definition) is 4. The molecule has 0 aliphatic heterocycles. The molecule has 2 aliphatic carbocycles. The van der Waals surface area contributed by atoms with Gasteiger partial charge in [0.15, 0.2) is 0 Å². The zero-order valence-electron chi connectivity index (χ0n) is 28.2. The van der Waals surface area contributed by atoms with Crippen LogP contribution in [0, 0.1) is 6.07 Å². The van der Waals surface area contributed by atoms with E-state index in [9.17, 15) is 8.42 Å². The van der Waals surface area contributed by atoms with Gasteiger partial charge >= 0.3 is 20.4 Å². The number of methoxy groups -OCH3 is 2. The molecule has 0 saturated heterocycles. The third-order valence-corrected chi connectivity index (χ3v) is 12.9. The van der Waals surface area contributed by atoms with Crippen molar-refractivity contribution in [2.24, 2.45) is 0 Å². The van der Waals surface area contributed by atoms with Gasteiger partial charge in [0.2, 0.25) is 0 Å². The summed E-state index contributed by atoms with van der Waals surface area (Å²) >= 11 is 0. The summed E-state index contributed by atoms with van der Waals surface area (Å²) in [5.74, 6) is 1.84. The minimum Gasteiger partial charge on any atom is -0.706 e. The summed E-state index contributed by atoms with van der Waals surface area (Å²) in [6.45, 7) is 0. The van der Waals surface area contributed by atoms with E-state index in [-0.39, 0.29) is 20.4 Å². The van der Waals surface area contributed by atoms with Crippen molar-refractivity contribution in [3.05, 3.63) is 103 Å². The van der Waals surface area contributed by atoms with E-state index >= 15 is 0 Å². The van der Waals surface area contributed by atoms with Crippen molar-refractivity contribution in [1.82, 2.24) is 0 Å². The first-order valence-electron chi connectivity index (χ1n) is 16.6. The smallest absolute Gasteiger partial charge is 0.706 e. The van der Waals surface area contributed by atoms with Crippen LogP contribution in [0.3, 0.4) is 0 Å². The van der Waals surface area contributed by atoms with Gasteiger partial charge in [-0.3, -0.25) is 4.55 Å². The Bertz CT molecular complexity index is 1590. The van der Waals surface area contributed by atoms with E-state index in [0.29, 0.717) is 11.9 Å². The molecule has 2 aliphatic rings.